The maximum absolute atomic E-state index is 13.0. The van der Waals surface area contributed by atoms with E-state index in [9.17, 15) is 18.5 Å². The monoisotopic (exact) mass is 369 g/mol. The van der Waals surface area contributed by atoms with E-state index in [4.69, 9.17) is 16.3 Å². The number of aromatic nitrogens is 1. The van der Waals surface area contributed by atoms with Crippen molar-refractivity contribution in [2.75, 3.05) is 4.31 Å². The van der Waals surface area contributed by atoms with Crippen LogP contribution in [0.15, 0.2) is 35.4 Å². The van der Waals surface area contributed by atoms with Gasteiger partial charge in [-0.15, -0.1) is 0 Å². The fourth-order valence-corrected chi connectivity index (χ4v) is 4.40. The van der Waals surface area contributed by atoms with Crippen molar-refractivity contribution in [1.82, 2.24) is 4.98 Å². The molecule has 3 rings (SSSR count). The Labute approximate surface area is 142 Å². The van der Waals surface area contributed by atoms with Gasteiger partial charge in [-0.25, -0.2) is 17.7 Å². The topological polar surface area (TPSA) is 103 Å². The maximum atomic E-state index is 13.0. The number of fused-ring (bicyclic) bond motifs is 2. The summed E-state index contributed by atoms with van der Waals surface area (Å²) < 4.78 is 32.7. The van der Waals surface area contributed by atoms with Crippen molar-refractivity contribution in [3.8, 4) is 11.5 Å². The summed E-state index contributed by atoms with van der Waals surface area (Å²) in [5, 5.41) is 11.2. The zero-order chi connectivity index (χ0) is 17.6. The molecular formula is C14H12ClN3O5S. The van der Waals surface area contributed by atoms with Crippen LogP contribution in [-0.2, 0) is 10.0 Å². The molecule has 10 heteroatoms. The molecule has 0 spiro atoms. The predicted molar refractivity (Wildman–Crippen MR) is 87.2 cm³/mol. The number of halogens is 1. The molecule has 1 aromatic carbocycles. The molecule has 1 aromatic heterocycles. The first-order valence-corrected chi connectivity index (χ1v) is 8.70. The van der Waals surface area contributed by atoms with E-state index in [2.05, 4.69) is 4.98 Å². The van der Waals surface area contributed by atoms with Crippen molar-refractivity contribution in [3.63, 3.8) is 0 Å². The lowest BCUT2D eigenvalue weighted by molar-refractivity contribution is -0.385. The summed E-state index contributed by atoms with van der Waals surface area (Å²) in [5.74, 6) is 0.0107. The Morgan fingerprint density at radius 3 is 2.62 bits per heavy atom. The van der Waals surface area contributed by atoms with Gasteiger partial charge in [-0.05, 0) is 32.0 Å². The molecule has 0 radical (unpaired) electrons. The molecule has 0 fully saturated rings. The highest BCUT2D eigenvalue weighted by molar-refractivity contribution is 7.93. The second-order valence-corrected chi connectivity index (χ2v) is 7.58. The van der Waals surface area contributed by atoms with Crippen LogP contribution in [0, 0.1) is 10.1 Å². The lowest BCUT2D eigenvalue weighted by atomic mass is 10.3. The highest BCUT2D eigenvalue weighted by Crippen LogP contribution is 2.44. The Kier molecular flexibility index (Phi) is 3.84. The van der Waals surface area contributed by atoms with Crippen molar-refractivity contribution in [1.29, 1.82) is 0 Å². The van der Waals surface area contributed by atoms with Crippen LogP contribution in [0.3, 0.4) is 0 Å². The van der Waals surface area contributed by atoms with Crippen LogP contribution < -0.4 is 9.04 Å². The van der Waals surface area contributed by atoms with Crippen molar-refractivity contribution < 1.29 is 18.1 Å². The zero-order valence-electron chi connectivity index (χ0n) is 12.6. The number of ether oxygens (including phenoxy) is 1. The van der Waals surface area contributed by atoms with Crippen molar-refractivity contribution in [3.05, 3.63) is 45.6 Å². The van der Waals surface area contributed by atoms with Gasteiger partial charge in [-0.2, -0.15) is 0 Å². The maximum Gasteiger partial charge on any atom is 0.291 e. The van der Waals surface area contributed by atoms with Crippen LogP contribution in [0.1, 0.15) is 13.8 Å². The number of hydrogen-bond acceptors (Lipinski definition) is 6. The molecule has 0 N–H and O–H groups in total. The van der Waals surface area contributed by atoms with E-state index in [1.165, 1.54) is 18.2 Å². The van der Waals surface area contributed by atoms with E-state index in [0.29, 0.717) is 0 Å². The number of hydrogen-bond donors (Lipinski definition) is 0. The fourth-order valence-electron chi connectivity index (χ4n) is 2.40. The molecule has 0 atom stereocenters. The number of pyridine rings is 1. The molecule has 0 saturated carbocycles. The highest BCUT2D eigenvalue weighted by Gasteiger charge is 2.37. The first-order chi connectivity index (χ1) is 11.2. The van der Waals surface area contributed by atoms with Gasteiger partial charge < -0.3 is 4.74 Å². The van der Waals surface area contributed by atoms with E-state index >= 15 is 0 Å². The molecule has 0 aliphatic carbocycles. The van der Waals surface area contributed by atoms with Gasteiger partial charge in [0.25, 0.3) is 15.7 Å². The molecule has 2 aromatic rings. The summed E-state index contributed by atoms with van der Waals surface area (Å²) in [4.78, 5) is 14.2. The molecule has 8 nitrogen and oxygen atoms in total. The molecule has 2 heterocycles. The van der Waals surface area contributed by atoms with Crippen LogP contribution in [0.2, 0.25) is 5.02 Å². The minimum Gasteiger partial charge on any atom is -0.452 e. The molecule has 0 unspecified atom stereocenters. The van der Waals surface area contributed by atoms with Crippen LogP contribution >= 0.6 is 11.6 Å². The molecule has 0 saturated heterocycles. The van der Waals surface area contributed by atoms with Crippen LogP contribution in [0.4, 0.5) is 11.5 Å². The molecular weight excluding hydrogens is 358 g/mol. The Balaban J connectivity index is 2.34. The van der Waals surface area contributed by atoms with Crippen LogP contribution in [-0.4, -0.2) is 24.4 Å². The minimum absolute atomic E-state index is 0.0112. The second-order valence-electron chi connectivity index (χ2n) is 5.36. The van der Waals surface area contributed by atoms with Gasteiger partial charge in [0.2, 0.25) is 0 Å². The van der Waals surface area contributed by atoms with Gasteiger partial charge in [-0.1, -0.05) is 11.6 Å². The number of anilines is 1. The Morgan fingerprint density at radius 1 is 1.29 bits per heavy atom. The Bertz CT molecular complexity index is 945. The Morgan fingerprint density at radius 2 is 2.00 bits per heavy atom. The van der Waals surface area contributed by atoms with Crippen molar-refractivity contribution in [2.45, 2.75) is 24.8 Å². The summed E-state index contributed by atoms with van der Waals surface area (Å²) >= 11 is 5.92. The van der Waals surface area contributed by atoms with Crippen LogP contribution in [0.5, 0.6) is 11.5 Å². The Hall–Kier alpha value is -2.39. The lowest BCUT2D eigenvalue weighted by Gasteiger charge is -2.25. The highest BCUT2D eigenvalue weighted by atomic mass is 35.5. The summed E-state index contributed by atoms with van der Waals surface area (Å²) in [6.45, 7) is 3.33. The van der Waals surface area contributed by atoms with Gasteiger partial charge in [0.05, 0.1) is 11.0 Å². The third kappa shape index (κ3) is 2.55. The number of benzene rings is 1. The van der Waals surface area contributed by atoms with Crippen molar-refractivity contribution in [2.24, 2.45) is 0 Å². The largest absolute Gasteiger partial charge is 0.452 e. The first kappa shape index (κ1) is 16.5. The zero-order valence-corrected chi connectivity index (χ0v) is 14.2. The predicted octanol–water partition coefficient (Wildman–Crippen LogP) is 3.35. The molecule has 1 aliphatic heterocycles. The SMILES string of the molecule is CC(C)N1c2ncc([N+](=O)[O-])cc2Oc2ccc(Cl)cc2S1(=O)=O. The molecule has 1 aliphatic rings. The summed E-state index contributed by atoms with van der Waals surface area (Å²) in [5.41, 5.74) is -0.299. The number of nitrogens with zero attached hydrogens (tertiary/aromatic N) is 3. The third-order valence-corrected chi connectivity index (χ3v) is 5.59. The molecule has 0 bridgehead atoms. The van der Waals surface area contributed by atoms with Gasteiger partial charge in [0, 0.05) is 11.1 Å². The van der Waals surface area contributed by atoms with Crippen LogP contribution in [0.25, 0.3) is 0 Å². The molecule has 24 heavy (non-hydrogen) atoms. The first-order valence-electron chi connectivity index (χ1n) is 6.88. The van der Waals surface area contributed by atoms with E-state index in [0.717, 1.165) is 16.6 Å². The van der Waals surface area contributed by atoms with Gasteiger partial charge in [0.15, 0.2) is 11.6 Å². The van der Waals surface area contributed by atoms with Gasteiger partial charge in [0.1, 0.15) is 16.8 Å². The molecule has 126 valence electrons. The minimum atomic E-state index is -4.00. The van der Waals surface area contributed by atoms with Crippen molar-refractivity contribution >= 4 is 33.1 Å². The number of rotatable bonds is 2. The number of nitro groups is 1. The normalized spacial score (nSPS) is 15.2. The summed E-state index contributed by atoms with van der Waals surface area (Å²) in [7, 11) is -4.00. The third-order valence-electron chi connectivity index (χ3n) is 3.37. The summed E-state index contributed by atoms with van der Waals surface area (Å²) in [6, 6.07) is 4.82. The smallest absolute Gasteiger partial charge is 0.291 e. The van der Waals surface area contributed by atoms with Gasteiger partial charge in [-0.3, -0.25) is 10.1 Å². The quantitative estimate of drug-likeness (QED) is 0.594. The van der Waals surface area contributed by atoms with E-state index < -0.39 is 21.0 Å². The standard InChI is InChI=1S/C14H12ClN3O5S/c1-8(2)17-14-12(6-10(7-16-14)18(19)20)23-11-4-3-9(15)5-13(11)24(17,21)22/h3-8H,1-2H3. The number of sulfonamides is 1. The second kappa shape index (κ2) is 5.60. The van der Waals surface area contributed by atoms with E-state index in [1.54, 1.807) is 13.8 Å². The molecule has 0 amide bonds. The average molecular weight is 370 g/mol. The van der Waals surface area contributed by atoms with E-state index in [-0.39, 0.29) is 32.9 Å². The lowest BCUT2D eigenvalue weighted by Crippen LogP contribution is -2.37. The summed E-state index contributed by atoms with van der Waals surface area (Å²) in [6.07, 6.45) is 0.996. The van der Waals surface area contributed by atoms with Gasteiger partial charge >= 0.3 is 0 Å². The average Bonchev–Trinajstić information content (AvgIpc) is 2.58. The fraction of sp³-hybridized carbons (Fsp3) is 0.214. The van der Waals surface area contributed by atoms with E-state index in [1.807, 2.05) is 0 Å².